The molecule has 2 atom stereocenters. The molecular weight excluding hydrogens is 300 g/mol. The summed E-state index contributed by atoms with van der Waals surface area (Å²) in [4.78, 5) is 46.1. The van der Waals surface area contributed by atoms with E-state index in [0.717, 1.165) is 0 Å². The quantitative estimate of drug-likeness (QED) is 0.575. The molecule has 118 valence electrons. The number of rotatable bonds is 5. The second-order valence-corrected chi connectivity index (χ2v) is 6.12. The largest absolute Gasteiger partial charge is 0.444 e. The lowest BCUT2D eigenvalue weighted by atomic mass is 9.96. The average molecular weight is 319 g/mol. The molecule has 0 aromatic carbocycles. The van der Waals surface area contributed by atoms with Gasteiger partial charge in [-0.3, -0.25) is 19.7 Å². The minimum Gasteiger partial charge on any atom is -0.444 e. The van der Waals surface area contributed by atoms with E-state index in [9.17, 15) is 19.2 Å². The first-order chi connectivity index (χ1) is 9.62. The Morgan fingerprint density at radius 3 is 2.48 bits per heavy atom. The highest BCUT2D eigenvalue weighted by molar-refractivity contribution is 6.28. The maximum absolute atomic E-state index is 11.8. The van der Waals surface area contributed by atoms with Gasteiger partial charge in [-0.25, -0.2) is 4.79 Å². The van der Waals surface area contributed by atoms with Crippen LogP contribution in [0.25, 0.3) is 0 Å². The van der Waals surface area contributed by atoms with E-state index in [0.29, 0.717) is 0 Å². The topological polar surface area (TPSA) is 102 Å². The van der Waals surface area contributed by atoms with E-state index >= 15 is 0 Å². The van der Waals surface area contributed by atoms with Crippen molar-refractivity contribution in [2.24, 2.45) is 5.92 Å². The molecule has 1 heterocycles. The number of carbonyl (C=O) groups excluding carboxylic acids is 4. The summed E-state index contributed by atoms with van der Waals surface area (Å²) in [5.74, 6) is -2.22. The van der Waals surface area contributed by atoms with E-state index in [2.05, 4.69) is 10.6 Å². The summed E-state index contributed by atoms with van der Waals surface area (Å²) >= 11 is 5.50. The maximum atomic E-state index is 11.8. The van der Waals surface area contributed by atoms with Crippen molar-refractivity contribution in [3.63, 3.8) is 0 Å². The predicted octanol–water partition coefficient (Wildman–Crippen LogP) is 0.740. The summed E-state index contributed by atoms with van der Waals surface area (Å²) in [5.41, 5.74) is -0.709. The molecule has 0 saturated carbocycles. The van der Waals surface area contributed by atoms with Crippen LogP contribution in [0.15, 0.2) is 0 Å². The van der Waals surface area contributed by atoms with Crippen molar-refractivity contribution in [2.45, 2.75) is 45.3 Å². The highest BCUT2D eigenvalue weighted by Crippen LogP contribution is 2.18. The predicted molar refractivity (Wildman–Crippen MR) is 74.8 cm³/mol. The summed E-state index contributed by atoms with van der Waals surface area (Å²) in [6.07, 6.45) is -0.751. The first-order valence-corrected chi connectivity index (χ1v) is 7.07. The molecule has 0 unspecified atom stereocenters. The second kappa shape index (κ2) is 6.89. The zero-order valence-electron chi connectivity index (χ0n) is 12.2. The van der Waals surface area contributed by atoms with E-state index in [1.807, 2.05) is 0 Å². The number of hydrogen-bond donors (Lipinski definition) is 2. The van der Waals surface area contributed by atoms with Crippen LogP contribution in [0.4, 0.5) is 4.79 Å². The lowest BCUT2D eigenvalue weighted by Crippen LogP contribution is -2.45. The summed E-state index contributed by atoms with van der Waals surface area (Å²) < 4.78 is 5.06. The molecule has 0 aromatic rings. The molecule has 0 radical (unpaired) electrons. The zero-order valence-corrected chi connectivity index (χ0v) is 13.0. The van der Waals surface area contributed by atoms with Crippen LogP contribution in [0.2, 0.25) is 0 Å². The monoisotopic (exact) mass is 318 g/mol. The highest BCUT2D eigenvalue weighted by atomic mass is 35.5. The van der Waals surface area contributed by atoms with Crippen LogP contribution in [-0.4, -0.2) is 41.2 Å². The summed E-state index contributed by atoms with van der Waals surface area (Å²) in [5, 5.41) is 4.55. The molecule has 0 aromatic heterocycles. The molecule has 21 heavy (non-hydrogen) atoms. The van der Waals surface area contributed by atoms with Gasteiger partial charge in [-0.05, 0) is 27.2 Å². The Morgan fingerprint density at radius 1 is 1.43 bits per heavy atom. The molecule has 1 aliphatic rings. The van der Waals surface area contributed by atoms with E-state index < -0.39 is 35.3 Å². The number of ether oxygens (including phenoxy) is 1. The smallest absolute Gasteiger partial charge is 0.408 e. The zero-order chi connectivity index (χ0) is 16.2. The van der Waals surface area contributed by atoms with Crippen molar-refractivity contribution in [3.8, 4) is 0 Å². The van der Waals surface area contributed by atoms with Crippen LogP contribution >= 0.6 is 11.6 Å². The molecular formula is C13H19ClN2O5. The standard InChI is InChI=1S/C13H19ClN2O5/c1-13(2,3)21-12(20)15-8(9(17)6-14)4-7-5-10(18)16-11(7)19/h7-8H,4-6H2,1-3H3,(H,15,20)(H,16,18,19)/t7-,8+/m1/s1. The summed E-state index contributed by atoms with van der Waals surface area (Å²) in [6.45, 7) is 5.07. The van der Waals surface area contributed by atoms with Crippen LogP contribution in [0.1, 0.15) is 33.6 Å². The molecule has 0 bridgehead atoms. The molecule has 1 aliphatic heterocycles. The molecule has 0 aliphatic carbocycles. The SMILES string of the molecule is CC(C)(C)OC(=O)N[C@@H](C[C@@H]1CC(=O)NC1=O)C(=O)CCl. The van der Waals surface area contributed by atoms with Gasteiger partial charge in [-0.1, -0.05) is 0 Å². The molecule has 7 nitrogen and oxygen atoms in total. The number of amides is 3. The van der Waals surface area contributed by atoms with Gasteiger partial charge in [0.15, 0.2) is 5.78 Å². The number of alkyl carbamates (subject to hydrolysis) is 1. The van der Waals surface area contributed by atoms with Gasteiger partial charge < -0.3 is 10.1 Å². The summed E-state index contributed by atoms with van der Waals surface area (Å²) in [6, 6.07) is -0.959. The number of ketones is 1. The minimum atomic E-state index is -0.959. The molecule has 1 rings (SSSR count). The van der Waals surface area contributed by atoms with Crippen LogP contribution in [0.3, 0.4) is 0 Å². The number of nitrogens with one attached hydrogen (secondary N) is 2. The van der Waals surface area contributed by atoms with Crippen molar-refractivity contribution in [3.05, 3.63) is 0 Å². The number of Topliss-reactive ketones (excluding diaryl/α,β-unsaturated/α-hetero) is 1. The van der Waals surface area contributed by atoms with E-state index in [1.54, 1.807) is 20.8 Å². The fraction of sp³-hybridized carbons (Fsp3) is 0.692. The highest BCUT2D eigenvalue weighted by Gasteiger charge is 2.35. The fourth-order valence-corrected chi connectivity index (χ4v) is 2.08. The lowest BCUT2D eigenvalue weighted by molar-refractivity contribution is -0.126. The van der Waals surface area contributed by atoms with Gasteiger partial charge in [0.05, 0.1) is 11.9 Å². The molecule has 3 amide bonds. The third kappa shape index (κ3) is 5.71. The van der Waals surface area contributed by atoms with Gasteiger partial charge in [0.25, 0.3) is 0 Å². The first kappa shape index (κ1) is 17.4. The fourth-order valence-electron chi connectivity index (χ4n) is 1.90. The van der Waals surface area contributed by atoms with Crippen LogP contribution in [0.5, 0.6) is 0 Å². The molecule has 1 fully saturated rings. The normalized spacial score (nSPS) is 19.9. The molecule has 1 saturated heterocycles. The van der Waals surface area contributed by atoms with Crippen LogP contribution in [0, 0.1) is 5.92 Å². The van der Waals surface area contributed by atoms with Gasteiger partial charge in [0, 0.05) is 12.3 Å². The Kier molecular flexibility index (Phi) is 5.71. The number of carbonyl (C=O) groups is 4. The Labute approximate surface area is 127 Å². The van der Waals surface area contributed by atoms with Crippen molar-refractivity contribution in [2.75, 3.05) is 5.88 Å². The Bertz CT molecular complexity index is 458. The number of hydrogen-bond acceptors (Lipinski definition) is 5. The number of imide groups is 1. The number of halogens is 1. The molecule has 8 heteroatoms. The summed E-state index contributed by atoms with van der Waals surface area (Å²) in [7, 11) is 0. The van der Waals surface area contributed by atoms with Crippen LogP contribution in [-0.2, 0) is 19.1 Å². The van der Waals surface area contributed by atoms with Crippen molar-refractivity contribution in [1.82, 2.24) is 10.6 Å². The first-order valence-electron chi connectivity index (χ1n) is 6.54. The van der Waals surface area contributed by atoms with Crippen molar-refractivity contribution >= 4 is 35.3 Å². The molecule has 0 spiro atoms. The van der Waals surface area contributed by atoms with Gasteiger partial charge in [-0.15, -0.1) is 11.6 Å². The Hall–Kier alpha value is -1.63. The van der Waals surface area contributed by atoms with Gasteiger partial charge >= 0.3 is 6.09 Å². The van der Waals surface area contributed by atoms with E-state index in [4.69, 9.17) is 16.3 Å². The van der Waals surface area contributed by atoms with Gasteiger partial charge in [-0.2, -0.15) is 0 Å². The van der Waals surface area contributed by atoms with Gasteiger partial charge in [0.1, 0.15) is 5.60 Å². The van der Waals surface area contributed by atoms with E-state index in [-0.39, 0.29) is 24.6 Å². The lowest BCUT2D eigenvalue weighted by Gasteiger charge is -2.23. The van der Waals surface area contributed by atoms with Crippen molar-refractivity contribution in [1.29, 1.82) is 0 Å². The second-order valence-electron chi connectivity index (χ2n) is 5.85. The third-order valence-electron chi connectivity index (χ3n) is 2.80. The Morgan fingerprint density at radius 2 is 2.05 bits per heavy atom. The Balaban J connectivity index is 2.68. The van der Waals surface area contributed by atoms with Crippen molar-refractivity contribution < 1.29 is 23.9 Å². The average Bonchev–Trinajstić information content (AvgIpc) is 2.63. The maximum Gasteiger partial charge on any atom is 0.408 e. The van der Waals surface area contributed by atoms with E-state index in [1.165, 1.54) is 0 Å². The minimum absolute atomic E-state index is 0.000890. The number of alkyl halides is 1. The molecule has 2 N–H and O–H groups in total. The van der Waals surface area contributed by atoms with Crippen LogP contribution < -0.4 is 10.6 Å². The third-order valence-corrected chi connectivity index (χ3v) is 3.06. The van der Waals surface area contributed by atoms with Gasteiger partial charge in [0.2, 0.25) is 11.8 Å².